The van der Waals surface area contributed by atoms with Crippen molar-refractivity contribution in [3.05, 3.63) is 29.8 Å². The van der Waals surface area contributed by atoms with Crippen molar-refractivity contribution in [3.8, 4) is 0 Å². The molecule has 1 unspecified atom stereocenters. The van der Waals surface area contributed by atoms with Crippen LogP contribution in [0.15, 0.2) is 29.2 Å². The van der Waals surface area contributed by atoms with Crippen LogP contribution in [0.3, 0.4) is 0 Å². The SMILES string of the molecule is CNC(=O)C(C)Sc1ccccc1C(=O)O. The maximum absolute atomic E-state index is 11.3. The Morgan fingerprint density at radius 3 is 2.56 bits per heavy atom. The first-order valence-corrected chi connectivity index (χ1v) is 5.64. The van der Waals surface area contributed by atoms with Crippen molar-refractivity contribution in [2.75, 3.05) is 7.05 Å². The number of thioether (sulfide) groups is 1. The quantitative estimate of drug-likeness (QED) is 0.783. The molecule has 1 rings (SSSR count). The Morgan fingerprint density at radius 2 is 2.00 bits per heavy atom. The van der Waals surface area contributed by atoms with Crippen LogP contribution in [0.5, 0.6) is 0 Å². The molecule has 0 spiro atoms. The molecule has 2 N–H and O–H groups in total. The minimum absolute atomic E-state index is 0.120. The van der Waals surface area contributed by atoms with E-state index in [2.05, 4.69) is 5.32 Å². The van der Waals surface area contributed by atoms with Gasteiger partial charge in [-0.15, -0.1) is 11.8 Å². The van der Waals surface area contributed by atoms with Crippen LogP contribution in [-0.4, -0.2) is 29.3 Å². The Bertz CT molecular complexity index is 406. The molecule has 0 saturated carbocycles. The summed E-state index contributed by atoms with van der Waals surface area (Å²) in [5.41, 5.74) is 0.225. The molecule has 0 aliphatic heterocycles. The van der Waals surface area contributed by atoms with E-state index in [0.29, 0.717) is 4.90 Å². The number of carbonyl (C=O) groups excluding carboxylic acids is 1. The summed E-state index contributed by atoms with van der Waals surface area (Å²) in [4.78, 5) is 22.8. The van der Waals surface area contributed by atoms with Gasteiger partial charge in [0.1, 0.15) is 0 Å². The van der Waals surface area contributed by atoms with Gasteiger partial charge in [0.25, 0.3) is 0 Å². The molecule has 5 heteroatoms. The Labute approximate surface area is 98.0 Å². The highest BCUT2D eigenvalue weighted by Gasteiger charge is 2.16. The topological polar surface area (TPSA) is 66.4 Å². The molecule has 1 amide bonds. The Hall–Kier alpha value is -1.49. The second-order valence-corrected chi connectivity index (χ2v) is 4.56. The van der Waals surface area contributed by atoms with E-state index in [1.165, 1.54) is 17.8 Å². The van der Waals surface area contributed by atoms with Crippen molar-refractivity contribution in [2.24, 2.45) is 0 Å². The highest BCUT2D eigenvalue weighted by atomic mass is 32.2. The molecule has 1 aromatic rings. The lowest BCUT2D eigenvalue weighted by molar-refractivity contribution is -0.119. The third-order valence-electron chi connectivity index (χ3n) is 2.04. The van der Waals surface area contributed by atoms with Crippen LogP contribution in [0.1, 0.15) is 17.3 Å². The van der Waals surface area contributed by atoms with E-state index in [1.807, 2.05) is 0 Å². The lowest BCUT2D eigenvalue weighted by atomic mass is 10.2. The number of hydrogen-bond acceptors (Lipinski definition) is 3. The van der Waals surface area contributed by atoms with Gasteiger partial charge in [-0.2, -0.15) is 0 Å². The first-order valence-electron chi connectivity index (χ1n) is 4.77. The van der Waals surface area contributed by atoms with Gasteiger partial charge in [0.2, 0.25) is 5.91 Å². The standard InChI is InChI=1S/C11H13NO3S/c1-7(10(13)12-2)16-9-6-4-3-5-8(9)11(14)15/h3-7H,1-2H3,(H,12,13)(H,14,15). The van der Waals surface area contributed by atoms with Gasteiger partial charge in [0, 0.05) is 11.9 Å². The van der Waals surface area contributed by atoms with E-state index >= 15 is 0 Å². The van der Waals surface area contributed by atoms with E-state index in [1.54, 1.807) is 32.2 Å². The molecular weight excluding hydrogens is 226 g/mol. The highest BCUT2D eigenvalue weighted by molar-refractivity contribution is 8.00. The number of carbonyl (C=O) groups is 2. The molecule has 0 aromatic heterocycles. The molecule has 1 aromatic carbocycles. The van der Waals surface area contributed by atoms with E-state index in [9.17, 15) is 9.59 Å². The van der Waals surface area contributed by atoms with Crippen LogP contribution in [0.25, 0.3) is 0 Å². The molecule has 86 valence electrons. The second-order valence-electron chi connectivity index (χ2n) is 3.18. The summed E-state index contributed by atoms with van der Waals surface area (Å²) in [5, 5.41) is 11.2. The predicted octanol–water partition coefficient (Wildman–Crippen LogP) is 1.61. The number of nitrogens with one attached hydrogen (secondary N) is 1. The maximum Gasteiger partial charge on any atom is 0.336 e. The van der Waals surface area contributed by atoms with Crippen molar-refractivity contribution in [2.45, 2.75) is 17.1 Å². The smallest absolute Gasteiger partial charge is 0.336 e. The summed E-state index contributed by atoms with van der Waals surface area (Å²) >= 11 is 1.24. The van der Waals surface area contributed by atoms with Gasteiger partial charge in [-0.1, -0.05) is 12.1 Å². The fraction of sp³-hybridized carbons (Fsp3) is 0.273. The number of amides is 1. The fourth-order valence-corrected chi connectivity index (χ4v) is 2.24. The van der Waals surface area contributed by atoms with Crippen molar-refractivity contribution in [1.82, 2.24) is 5.32 Å². The van der Waals surface area contributed by atoms with Crippen molar-refractivity contribution in [1.29, 1.82) is 0 Å². The van der Waals surface area contributed by atoms with Gasteiger partial charge in [-0.3, -0.25) is 4.79 Å². The minimum Gasteiger partial charge on any atom is -0.478 e. The lowest BCUT2D eigenvalue weighted by Gasteiger charge is -2.11. The number of rotatable bonds is 4. The summed E-state index contributed by atoms with van der Waals surface area (Å²) in [6.45, 7) is 1.74. The molecule has 0 aliphatic rings. The third-order valence-corrected chi connectivity index (χ3v) is 3.21. The first-order chi connectivity index (χ1) is 7.56. The minimum atomic E-state index is -0.979. The number of hydrogen-bond donors (Lipinski definition) is 2. The molecule has 0 aliphatic carbocycles. The van der Waals surface area contributed by atoms with Gasteiger partial charge >= 0.3 is 5.97 Å². The van der Waals surface area contributed by atoms with Gasteiger partial charge in [0.15, 0.2) is 0 Å². The van der Waals surface area contributed by atoms with Crippen molar-refractivity contribution in [3.63, 3.8) is 0 Å². The number of carboxylic acids is 1. The summed E-state index contributed by atoms with van der Waals surface area (Å²) < 4.78 is 0. The zero-order chi connectivity index (χ0) is 12.1. The summed E-state index contributed by atoms with van der Waals surface area (Å²) in [5.74, 6) is -1.10. The highest BCUT2D eigenvalue weighted by Crippen LogP contribution is 2.26. The lowest BCUT2D eigenvalue weighted by Crippen LogP contribution is -2.27. The normalized spacial score (nSPS) is 11.9. The molecule has 0 heterocycles. The van der Waals surface area contributed by atoms with Crippen molar-refractivity contribution < 1.29 is 14.7 Å². The summed E-state index contributed by atoms with van der Waals surface area (Å²) in [7, 11) is 1.56. The van der Waals surface area contributed by atoms with Gasteiger partial charge in [-0.25, -0.2) is 4.79 Å². The first kappa shape index (κ1) is 12.6. The molecular formula is C11H13NO3S. The Kier molecular flexibility index (Phi) is 4.37. The van der Waals surface area contributed by atoms with E-state index in [-0.39, 0.29) is 16.7 Å². The molecule has 4 nitrogen and oxygen atoms in total. The molecule has 16 heavy (non-hydrogen) atoms. The molecule has 0 fully saturated rings. The monoisotopic (exact) mass is 239 g/mol. The Balaban J connectivity index is 2.88. The summed E-state index contributed by atoms with van der Waals surface area (Å²) in [6, 6.07) is 6.65. The van der Waals surface area contributed by atoms with Crippen molar-refractivity contribution >= 4 is 23.6 Å². The number of benzene rings is 1. The van der Waals surface area contributed by atoms with Gasteiger partial charge in [0.05, 0.1) is 10.8 Å². The van der Waals surface area contributed by atoms with E-state index in [0.717, 1.165) is 0 Å². The molecule has 0 radical (unpaired) electrons. The van der Waals surface area contributed by atoms with Crippen LogP contribution < -0.4 is 5.32 Å². The average Bonchev–Trinajstić information content (AvgIpc) is 2.28. The summed E-state index contributed by atoms with van der Waals surface area (Å²) in [6.07, 6.45) is 0. The zero-order valence-corrected chi connectivity index (χ0v) is 9.88. The third kappa shape index (κ3) is 3.00. The Morgan fingerprint density at radius 1 is 1.38 bits per heavy atom. The van der Waals surface area contributed by atoms with E-state index in [4.69, 9.17) is 5.11 Å². The van der Waals surface area contributed by atoms with Crippen LogP contribution in [0.4, 0.5) is 0 Å². The van der Waals surface area contributed by atoms with Gasteiger partial charge in [-0.05, 0) is 19.1 Å². The van der Waals surface area contributed by atoms with Crippen LogP contribution in [-0.2, 0) is 4.79 Å². The second kappa shape index (κ2) is 5.55. The molecule has 1 atom stereocenters. The fourth-order valence-electron chi connectivity index (χ4n) is 1.19. The van der Waals surface area contributed by atoms with Crippen LogP contribution >= 0.6 is 11.8 Å². The largest absolute Gasteiger partial charge is 0.478 e. The number of aromatic carboxylic acids is 1. The molecule has 0 bridgehead atoms. The van der Waals surface area contributed by atoms with Gasteiger partial charge < -0.3 is 10.4 Å². The maximum atomic E-state index is 11.3. The van der Waals surface area contributed by atoms with Crippen LogP contribution in [0, 0.1) is 0 Å². The number of carboxylic acid groups (broad SMARTS) is 1. The van der Waals surface area contributed by atoms with Crippen LogP contribution in [0.2, 0.25) is 0 Å². The zero-order valence-electron chi connectivity index (χ0n) is 9.06. The molecule has 0 saturated heterocycles. The average molecular weight is 239 g/mol. The van der Waals surface area contributed by atoms with E-state index < -0.39 is 5.97 Å². The predicted molar refractivity (Wildman–Crippen MR) is 62.8 cm³/mol.